The predicted molar refractivity (Wildman–Crippen MR) is 159 cm³/mol. The summed E-state index contributed by atoms with van der Waals surface area (Å²) in [5.74, 6) is -0.489. The van der Waals surface area contributed by atoms with E-state index in [4.69, 9.17) is 9.47 Å². The standard InChI is InChI=1S/C33H36FN3O4/c1-3-27-30-26-11-7-10-24-25(12-8-18-41-29-13-6-9-21-19-22(34)14-15-23(21)29)32(33(38)39)37(31(24)26)16-4-5-17-40-20-28(30)36(2)35-27/h6-7,9-11,13-15,19,27,35H,3-5,8,12,16-18,20H2,1-2H3,(H,38,39). The van der Waals surface area contributed by atoms with Crippen LogP contribution in [0.2, 0.25) is 0 Å². The summed E-state index contributed by atoms with van der Waals surface area (Å²) >= 11 is 0. The number of benzene rings is 3. The van der Waals surface area contributed by atoms with Crippen LogP contribution in [0.4, 0.5) is 4.39 Å². The van der Waals surface area contributed by atoms with E-state index in [1.54, 1.807) is 6.07 Å². The molecule has 2 aliphatic heterocycles. The molecule has 0 amide bonds. The van der Waals surface area contributed by atoms with Crippen LogP contribution in [-0.4, -0.2) is 53.6 Å². The summed E-state index contributed by atoms with van der Waals surface area (Å²) in [7, 11) is 2.02. The number of fused-ring (bicyclic) bond motifs is 2. The average Bonchev–Trinajstić information content (AvgIpc) is 3.45. The first kappa shape index (κ1) is 27.3. The minimum absolute atomic E-state index is 0.118. The molecule has 1 aromatic heterocycles. The van der Waals surface area contributed by atoms with Gasteiger partial charge in [0.1, 0.15) is 17.3 Å². The number of hydrogen-bond acceptors (Lipinski definition) is 5. The number of aryl methyl sites for hydroxylation is 2. The Balaban J connectivity index is 1.38. The number of hydrazine groups is 1. The Morgan fingerprint density at radius 2 is 2.00 bits per heavy atom. The zero-order valence-electron chi connectivity index (χ0n) is 23.6. The van der Waals surface area contributed by atoms with E-state index in [1.165, 1.54) is 17.7 Å². The van der Waals surface area contributed by atoms with Gasteiger partial charge in [-0.3, -0.25) is 0 Å². The number of rotatable bonds is 7. The van der Waals surface area contributed by atoms with Gasteiger partial charge in [0.25, 0.3) is 0 Å². The molecule has 0 radical (unpaired) electrons. The number of aromatic carboxylic acids is 1. The van der Waals surface area contributed by atoms with Crippen molar-refractivity contribution in [1.82, 2.24) is 15.0 Å². The van der Waals surface area contributed by atoms with Crippen molar-refractivity contribution < 1.29 is 23.8 Å². The lowest BCUT2D eigenvalue weighted by Gasteiger charge is -2.18. The second kappa shape index (κ2) is 11.5. The lowest BCUT2D eigenvalue weighted by molar-refractivity contribution is 0.0683. The summed E-state index contributed by atoms with van der Waals surface area (Å²) in [6.07, 6.45) is 3.80. The number of nitrogens with one attached hydrogen (secondary N) is 1. The first-order chi connectivity index (χ1) is 20.0. The fourth-order valence-electron chi connectivity index (χ4n) is 6.41. The van der Waals surface area contributed by atoms with E-state index in [0.717, 1.165) is 57.8 Å². The van der Waals surface area contributed by atoms with Crippen LogP contribution in [0.5, 0.6) is 5.75 Å². The highest BCUT2D eigenvalue weighted by Crippen LogP contribution is 2.39. The third-order valence-electron chi connectivity index (χ3n) is 8.29. The molecule has 41 heavy (non-hydrogen) atoms. The maximum absolute atomic E-state index is 13.7. The number of halogens is 1. The van der Waals surface area contributed by atoms with Crippen molar-refractivity contribution in [2.45, 2.75) is 51.6 Å². The first-order valence-corrected chi connectivity index (χ1v) is 14.5. The lowest BCUT2D eigenvalue weighted by Crippen LogP contribution is -2.34. The summed E-state index contributed by atoms with van der Waals surface area (Å²) in [6.45, 7) is 4.34. The summed E-state index contributed by atoms with van der Waals surface area (Å²) < 4.78 is 27.9. The molecule has 1 atom stereocenters. The van der Waals surface area contributed by atoms with Gasteiger partial charge in [-0.2, -0.15) is 0 Å². The van der Waals surface area contributed by atoms with E-state index in [9.17, 15) is 14.3 Å². The summed E-state index contributed by atoms with van der Waals surface area (Å²) in [4.78, 5) is 12.8. The van der Waals surface area contributed by atoms with Crippen molar-refractivity contribution in [3.63, 3.8) is 0 Å². The van der Waals surface area contributed by atoms with Gasteiger partial charge in [0, 0.05) is 42.1 Å². The van der Waals surface area contributed by atoms with Crippen molar-refractivity contribution >= 4 is 33.2 Å². The molecule has 2 N–H and O–H groups in total. The number of carboxylic acids is 1. The molecule has 0 aliphatic carbocycles. The van der Waals surface area contributed by atoms with Gasteiger partial charge in [-0.15, -0.1) is 0 Å². The molecule has 0 saturated carbocycles. The SMILES string of the molecule is CCC1NN(C)C2=C1c1cccc3c(CCCOc4cccc5cc(F)ccc45)c(C(=O)O)n(c13)CCCCOC2. The molecule has 0 bridgehead atoms. The normalized spacial score (nSPS) is 17.6. The quantitative estimate of drug-likeness (QED) is 0.256. The van der Waals surface area contributed by atoms with Crippen LogP contribution in [-0.2, 0) is 17.7 Å². The zero-order chi connectivity index (χ0) is 28.5. The van der Waals surface area contributed by atoms with Crippen LogP contribution < -0.4 is 10.2 Å². The van der Waals surface area contributed by atoms with E-state index < -0.39 is 5.97 Å². The minimum atomic E-state index is -0.909. The Kier molecular flexibility index (Phi) is 7.69. The highest BCUT2D eigenvalue weighted by molar-refractivity contribution is 6.03. The fraction of sp³-hybridized carbons (Fsp3) is 0.364. The molecule has 8 heteroatoms. The average molecular weight is 558 g/mol. The van der Waals surface area contributed by atoms with E-state index in [-0.39, 0.29) is 11.9 Å². The molecule has 0 saturated heterocycles. The van der Waals surface area contributed by atoms with Gasteiger partial charge in [-0.25, -0.2) is 14.6 Å². The van der Waals surface area contributed by atoms with Gasteiger partial charge in [-0.1, -0.05) is 37.3 Å². The number of hydrogen-bond donors (Lipinski definition) is 2. The highest BCUT2D eigenvalue weighted by Gasteiger charge is 2.32. The van der Waals surface area contributed by atoms with Crippen LogP contribution in [0.15, 0.2) is 60.3 Å². The third-order valence-corrected chi connectivity index (χ3v) is 8.29. The maximum atomic E-state index is 13.7. The Morgan fingerprint density at radius 3 is 2.83 bits per heavy atom. The van der Waals surface area contributed by atoms with Gasteiger partial charge < -0.3 is 24.2 Å². The molecule has 3 heterocycles. The minimum Gasteiger partial charge on any atom is -0.493 e. The van der Waals surface area contributed by atoms with Crippen LogP contribution in [0.3, 0.4) is 0 Å². The second-order valence-corrected chi connectivity index (χ2v) is 10.8. The molecule has 0 spiro atoms. The molecule has 1 unspecified atom stereocenters. The molecule has 3 aromatic carbocycles. The first-order valence-electron chi connectivity index (χ1n) is 14.5. The molecule has 7 nitrogen and oxygen atoms in total. The number of nitrogens with zero attached hydrogens (tertiary/aromatic N) is 2. The van der Waals surface area contributed by atoms with Crippen LogP contribution in [0, 0.1) is 5.82 Å². The Hall–Kier alpha value is -3.88. The third kappa shape index (κ3) is 5.06. The van der Waals surface area contributed by atoms with E-state index in [0.29, 0.717) is 50.7 Å². The molecule has 6 rings (SSSR count). The van der Waals surface area contributed by atoms with Crippen molar-refractivity contribution in [3.05, 3.63) is 82.9 Å². The number of carbonyl (C=O) groups is 1. The summed E-state index contributed by atoms with van der Waals surface area (Å²) in [5.41, 5.74) is 9.11. The van der Waals surface area contributed by atoms with Crippen LogP contribution >= 0.6 is 0 Å². The van der Waals surface area contributed by atoms with Gasteiger partial charge in [0.05, 0.1) is 30.5 Å². The predicted octanol–water partition coefficient (Wildman–Crippen LogP) is 6.39. The Morgan fingerprint density at radius 1 is 1.15 bits per heavy atom. The summed E-state index contributed by atoms with van der Waals surface area (Å²) in [5, 5.41) is 15.2. The Labute approximate surface area is 239 Å². The number of aromatic nitrogens is 1. The molecule has 2 aliphatic rings. The highest BCUT2D eigenvalue weighted by atomic mass is 19.1. The number of para-hydroxylation sites is 1. The Bertz CT molecular complexity index is 1640. The second-order valence-electron chi connectivity index (χ2n) is 10.8. The van der Waals surface area contributed by atoms with Gasteiger partial charge in [-0.05, 0) is 67.3 Å². The molecule has 214 valence electrons. The number of likely N-dealkylation sites (N-methyl/N-ethyl adjacent to an activating group) is 1. The topological polar surface area (TPSA) is 76.0 Å². The maximum Gasteiger partial charge on any atom is 0.352 e. The van der Waals surface area contributed by atoms with E-state index >= 15 is 0 Å². The molecule has 4 aromatic rings. The van der Waals surface area contributed by atoms with E-state index in [1.807, 2.05) is 35.9 Å². The largest absolute Gasteiger partial charge is 0.493 e. The number of carboxylic acid groups (broad SMARTS) is 1. The smallest absolute Gasteiger partial charge is 0.352 e. The zero-order valence-corrected chi connectivity index (χ0v) is 23.6. The van der Waals surface area contributed by atoms with Crippen molar-refractivity contribution in [2.75, 3.05) is 26.9 Å². The summed E-state index contributed by atoms with van der Waals surface area (Å²) in [6, 6.07) is 16.6. The number of ether oxygens (including phenoxy) is 2. The van der Waals surface area contributed by atoms with Crippen molar-refractivity contribution in [2.24, 2.45) is 0 Å². The van der Waals surface area contributed by atoms with Gasteiger partial charge in [0.2, 0.25) is 0 Å². The monoisotopic (exact) mass is 557 g/mol. The van der Waals surface area contributed by atoms with Gasteiger partial charge >= 0.3 is 5.97 Å². The van der Waals surface area contributed by atoms with E-state index in [2.05, 4.69) is 29.5 Å². The molecular formula is C33H36FN3O4. The van der Waals surface area contributed by atoms with Crippen molar-refractivity contribution in [3.8, 4) is 5.75 Å². The molecular weight excluding hydrogens is 521 g/mol. The molecule has 0 fully saturated rings. The lowest BCUT2D eigenvalue weighted by atomic mass is 9.93. The fourth-order valence-corrected chi connectivity index (χ4v) is 6.41. The van der Waals surface area contributed by atoms with Crippen LogP contribution in [0.25, 0.3) is 27.2 Å². The van der Waals surface area contributed by atoms with Gasteiger partial charge in [0.15, 0.2) is 0 Å². The van der Waals surface area contributed by atoms with Crippen molar-refractivity contribution in [1.29, 1.82) is 0 Å². The van der Waals surface area contributed by atoms with Crippen LogP contribution in [0.1, 0.15) is 54.2 Å².